The third-order valence-electron chi connectivity index (χ3n) is 4.15. The Morgan fingerprint density at radius 3 is 2.57 bits per heavy atom. The maximum Gasteiger partial charge on any atom is 0.424 e. The number of hydrogen-bond acceptors (Lipinski definition) is 4. The van der Waals surface area contributed by atoms with Gasteiger partial charge in [0.05, 0.1) is 6.54 Å². The molecule has 1 amide bonds. The summed E-state index contributed by atoms with van der Waals surface area (Å²) < 4.78 is 59.5. The van der Waals surface area contributed by atoms with E-state index in [1.165, 1.54) is 31.3 Å². The smallest absolute Gasteiger partial charge is 0.385 e. The van der Waals surface area contributed by atoms with Crippen molar-refractivity contribution in [1.29, 1.82) is 0 Å². The van der Waals surface area contributed by atoms with Crippen LogP contribution in [-0.2, 0) is 11.3 Å². The van der Waals surface area contributed by atoms with Gasteiger partial charge in [-0.2, -0.15) is 13.2 Å². The van der Waals surface area contributed by atoms with E-state index in [0.717, 1.165) is 13.0 Å². The number of carbonyl (C=O) groups excluding carboxylic acids is 1. The molecule has 3 N–H and O–H groups in total. The number of nitrogens with zero attached hydrogens (tertiary/aromatic N) is 2. The largest absolute Gasteiger partial charge is 0.424 e. The van der Waals surface area contributed by atoms with Crippen molar-refractivity contribution in [2.45, 2.75) is 32.2 Å². The number of anilines is 1. The van der Waals surface area contributed by atoms with E-state index >= 15 is 0 Å². The van der Waals surface area contributed by atoms with Crippen LogP contribution < -0.4 is 11.1 Å². The van der Waals surface area contributed by atoms with Gasteiger partial charge in [-0.25, -0.2) is 9.37 Å². The molecular weight excluding hydrogens is 472 g/mol. The number of aromatic nitrogens is 1. The van der Waals surface area contributed by atoms with Crippen molar-refractivity contribution < 1.29 is 27.1 Å². The number of alkyl halides is 3. The first-order valence-electron chi connectivity index (χ1n) is 8.70. The Morgan fingerprint density at radius 2 is 2.00 bits per heavy atom. The summed E-state index contributed by atoms with van der Waals surface area (Å²) in [6.45, 7) is 1.43. The van der Waals surface area contributed by atoms with E-state index in [1.54, 1.807) is 6.07 Å². The van der Waals surface area contributed by atoms with Gasteiger partial charge in [-0.1, -0.05) is 0 Å². The van der Waals surface area contributed by atoms with Crippen LogP contribution in [0.15, 0.2) is 46.0 Å². The lowest BCUT2D eigenvalue weighted by Crippen LogP contribution is -2.55. The normalized spacial score (nSPS) is 14.3. The molecule has 1 atom stereocenters. The molecule has 0 saturated carbocycles. The Bertz CT molecular complexity index is 935. The Kier molecular flexibility index (Phi) is 7.54. The fraction of sp³-hybridized carbons (Fsp3) is 0.316. The molecular formula is C19H19BrF4N4O2. The van der Waals surface area contributed by atoms with Crippen LogP contribution in [0.4, 0.5) is 23.2 Å². The molecule has 0 saturated heterocycles. The summed E-state index contributed by atoms with van der Waals surface area (Å²) in [5.41, 5.74) is 3.03. The highest BCUT2D eigenvalue weighted by Crippen LogP contribution is 2.34. The van der Waals surface area contributed by atoms with Crippen molar-refractivity contribution in [3.63, 3.8) is 0 Å². The van der Waals surface area contributed by atoms with E-state index < -0.39 is 35.9 Å². The standard InChI is InChI=1S/C19H19BrF4N4O2/c1-3-30-18(2,19(22,23)24)17(25)27-9-11-8-13(5-6-14(11)21)28-16(29)15-7-4-12(20)10-26-15/h4-8,10H,3,9H2,1-2H3,(H2,25,27)(H,28,29)/t18-/m1/s1. The summed E-state index contributed by atoms with van der Waals surface area (Å²) in [6, 6.07) is 6.75. The summed E-state index contributed by atoms with van der Waals surface area (Å²) in [7, 11) is 0. The summed E-state index contributed by atoms with van der Waals surface area (Å²) in [5.74, 6) is -2.08. The quantitative estimate of drug-likeness (QED) is 0.340. The minimum absolute atomic E-state index is 0.0551. The van der Waals surface area contributed by atoms with E-state index in [4.69, 9.17) is 10.5 Å². The fourth-order valence-electron chi connectivity index (χ4n) is 2.39. The van der Waals surface area contributed by atoms with Crippen LogP contribution in [0.5, 0.6) is 0 Å². The number of ether oxygens (including phenoxy) is 1. The molecule has 6 nitrogen and oxygen atoms in total. The second kappa shape index (κ2) is 9.52. The van der Waals surface area contributed by atoms with Crippen molar-refractivity contribution in [2.75, 3.05) is 11.9 Å². The molecule has 0 aliphatic rings. The summed E-state index contributed by atoms with van der Waals surface area (Å²) in [5, 5.41) is 2.54. The van der Waals surface area contributed by atoms with Crippen molar-refractivity contribution in [2.24, 2.45) is 10.7 Å². The van der Waals surface area contributed by atoms with Gasteiger partial charge in [0.15, 0.2) is 0 Å². The summed E-state index contributed by atoms with van der Waals surface area (Å²) in [6.07, 6.45) is -3.36. The van der Waals surface area contributed by atoms with E-state index in [1.807, 2.05) is 0 Å². The van der Waals surface area contributed by atoms with Gasteiger partial charge < -0.3 is 15.8 Å². The number of halogens is 5. The number of amidine groups is 1. The highest BCUT2D eigenvalue weighted by Gasteiger charge is 2.55. The summed E-state index contributed by atoms with van der Waals surface area (Å²) >= 11 is 3.21. The molecule has 30 heavy (non-hydrogen) atoms. The molecule has 162 valence electrons. The van der Waals surface area contributed by atoms with Gasteiger partial charge in [0, 0.05) is 28.5 Å². The van der Waals surface area contributed by atoms with Crippen molar-refractivity contribution in [1.82, 2.24) is 4.98 Å². The van der Waals surface area contributed by atoms with E-state index in [0.29, 0.717) is 4.47 Å². The van der Waals surface area contributed by atoms with Crippen molar-refractivity contribution >= 4 is 33.4 Å². The Hall–Kier alpha value is -2.53. The third kappa shape index (κ3) is 5.54. The molecule has 0 unspecified atom stereocenters. The first-order chi connectivity index (χ1) is 14.0. The number of aliphatic imine (C=N–C) groups is 1. The lowest BCUT2D eigenvalue weighted by molar-refractivity contribution is -0.240. The van der Waals surface area contributed by atoms with Gasteiger partial charge in [0.1, 0.15) is 17.3 Å². The first kappa shape index (κ1) is 23.7. The average molecular weight is 491 g/mol. The number of rotatable bonds is 7. The van der Waals surface area contributed by atoms with Crippen LogP contribution in [0.3, 0.4) is 0 Å². The third-order valence-corrected chi connectivity index (χ3v) is 4.62. The second-order valence-electron chi connectivity index (χ2n) is 6.29. The predicted molar refractivity (Wildman–Crippen MR) is 108 cm³/mol. The average Bonchev–Trinajstić information content (AvgIpc) is 2.67. The number of hydrogen-bond donors (Lipinski definition) is 2. The van der Waals surface area contributed by atoms with Crippen molar-refractivity contribution in [3.8, 4) is 0 Å². The number of pyridine rings is 1. The molecule has 11 heteroatoms. The van der Waals surface area contributed by atoms with E-state index in [2.05, 4.69) is 31.2 Å². The molecule has 0 fully saturated rings. The zero-order chi connectivity index (χ0) is 22.5. The van der Waals surface area contributed by atoms with Gasteiger partial charge >= 0.3 is 6.18 Å². The van der Waals surface area contributed by atoms with Crippen LogP contribution in [0, 0.1) is 5.82 Å². The highest BCUT2D eigenvalue weighted by atomic mass is 79.9. The van der Waals surface area contributed by atoms with E-state index in [-0.39, 0.29) is 23.6 Å². The van der Waals surface area contributed by atoms with Gasteiger partial charge in [-0.15, -0.1) is 0 Å². The molecule has 0 spiro atoms. The van der Waals surface area contributed by atoms with Crippen LogP contribution in [0.25, 0.3) is 0 Å². The molecule has 0 radical (unpaired) electrons. The predicted octanol–water partition coefficient (Wildman–Crippen LogP) is 4.45. The number of nitrogens with two attached hydrogens (primary N) is 1. The number of nitrogens with one attached hydrogen (secondary N) is 1. The monoisotopic (exact) mass is 490 g/mol. The molecule has 2 aromatic rings. The number of carbonyl (C=O) groups is 1. The molecule has 0 aliphatic carbocycles. The summed E-state index contributed by atoms with van der Waals surface area (Å²) in [4.78, 5) is 19.9. The minimum Gasteiger partial charge on any atom is -0.385 e. The van der Waals surface area contributed by atoms with Crippen LogP contribution >= 0.6 is 15.9 Å². The van der Waals surface area contributed by atoms with Gasteiger partial charge in [0.2, 0.25) is 5.60 Å². The molecule has 1 aromatic carbocycles. The maximum atomic E-state index is 14.1. The second-order valence-corrected chi connectivity index (χ2v) is 7.20. The van der Waals surface area contributed by atoms with Crippen LogP contribution in [0.1, 0.15) is 29.9 Å². The van der Waals surface area contributed by atoms with Crippen LogP contribution in [-0.4, -0.2) is 35.1 Å². The Balaban J connectivity index is 2.21. The lowest BCUT2D eigenvalue weighted by Gasteiger charge is -2.31. The zero-order valence-corrected chi connectivity index (χ0v) is 17.6. The molecule has 1 aromatic heterocycles. The maximum absolute atomic E-state index is 14.1. The topological polar surface area (TPSA) is 89.6 Å². The lowest BCUT2D eigenvalue weighted by atomic mass is 10.0. The van der Waals surface area contributed by atoms with Crippen molar-refractivity contribution in [3.05, 3.63) is 58.1 Å². The highest BCUT2D eigenvalue weighted by molar-refractivity contribution is 9.10. The van der Waals surface area contributed by atoms with E-state index in [9.17, 15) is 22.4 Å². The van der Waals surface area contributed by atoms with Crippen LogP contribution in [0.2, 0.25) is 0 Å². The molecule has 1 heterocycles. The SMILES string of the molecule is CCO[C@](C)(C(N)=NCc1cc(NC(=O)c2ccc(Br)cn2)ccc1F)C(F)(F)F. The zero-order valence-electron chi connectivity index (χ0n) is 16.1. The number of amides is 1. The molecule has 2 rings (SSSR count). The van der Waals surface area contributed by atoms with Gasteiger partial charge in [0.25, 0.3) is 5.91 Å². The molecule has 0 bridgehead atoms. The fourth-order valence-corrected chi connectivity index (χ4v) is 2.62. The minimum atomic E-state index is -4.80. The Labute approximate surface area is 178 Å². The van der Waals surface area contributed by atoms with Gasteiger partial charge in [-0.3, -0.25) is 9.79 Å². The van der Waals surface area contributed by atoms with Gasteiger partial charge in [-0.05, 0) is 60.1 Å². The molecule has 0 aliphatic heterocycles. The Morgan fingerprint density at radius 1 is 1.30 bits per heavy atom. The number of benzene rings is 1. The first-order valence-corrected chi connectivity index (χ1v) is 9.49.